The van der Waals surface area contributed by atoms with Crippen molar-refractivity contribution < 1.29 is 14.3 Å². The van der Waals surface area contributed by atoms with E-state index in [4.69, 9.17) is 4.74 Å². The second-order valence-electron chi connectivity index (χ2n) is 4.12. The van der Waals surface area contributed by atoms with Crippen molar-refractivity contribution in [1.82, 2.24) is 4.90 Å². The average Bonchev–Trinajstić information content (AvgIpc) is 2.15. The third kappa shape index (κ3) is 5.53. The van der Waals surface area contributed by atoms with Gasteiger partial charge < -0.3 is 9.64 Å². The van der Waals surface area contributed by atoms with E-state index in [-0.39, 0.29) is 30.4 Å². The zero-order valence-electron chi connectivity index (χ0n) is 10.5. The number of esters is 1. The summed E-state index contributed by atoms with van der Waals surface area (Å²) in [5.41, 5.74) is 0. The molecule has 0 bridgehead atoms. The Morgan fingerprint density at radius 1 is 1.31 bits per heavy atom. The molecule has 4 heteroatoms. The maximum Gasteiger partial charge on any atom is 0.307 e. The molecule has 92 valence electrons. The van der Waals surface area contributed by atoms with Crippen LogP contribution < -0.4 is 0 Å². The van der Waals surface area contributed by atoms with Crippen LogP contribution in [0.25, 0.3) is 0 Å². The van der Waals surface area contributed by atoms with Crippen LogP contribution in [0, 0.1) is 0 Å². The second-order valence-corrected chi connectivity index (χ2v) is 4.12. The zero-order valence-corrected chi connectivity index (χ0v) is 10.5. The summed E-state index contributed by atoms with van der Waals surface area (Å²) in [6.07, 6.45) is 1.36. The number of carbonyl (C=O) groups is 2. The van der Waals surface area contributed by atoms with Crippen molar-refractivity contribution in [3.05, 3.63) is 12.7 Å². The molecule has 0 spiro atoms. The molecule has 0 aromatic rings. The molecule has 0 N–H and O–H groups in total. The maximum absolute atomic E-state index is 11.4. The molecular formula is C12H21NO3. The first-order valence-corrected chi connectivity index (χ1v) is 5.51. The van der Waals surface area contributed by atoms with Crippen molar-refractivity contribution in [2.75, 3.05) is 6.54 Å². The van der Waals surface area contributed by atoms with Gasteiger partial charge in [-0.05, 0) is 33.8 Å². The van der Waals surface area contributed by atoms with Gasteiger partial charge in [-0.1, -0.05) is 6.58 Å². The number of nitrogens with zero attached hydrogens (tertiary/aromatic N) is 1. The topological polar surface area (TPSA) is 46.6 Å². The van der Waals surface area contributed by atoms with Gasteiger partial charge in [0.1, 0.15) is 0 Å². The van der Waals surface area contributed by atoms with Gasteiger partial charge in [-0.25, -0.2) is 0 Å². The van der Waals surface area contributed by atoms with Gasteiger partial charge in [-0.3, -0.25) is 9.59 Å². The summed E-state index contributed by atoms with van der Waals surface area (Å²) in [6, 6.07) is 0.0531. The summed E-state index contributed by atoms with van der Waals surface area (Å²) in [6.45, 7) is 11.2. The molecule has 0 aliphatic heterocycles. The molecular weight excluding hydrogens is 206 g/mol. The van der Waals surface area contributed by atoms with Crippen LogP contribution in [0.5, 0.6) is 0 Å². The Morgan fingerprint density at radius 2 is 1.88 bits per heavy atom. The molecule has 0 fully saturated rings. The summed E-state index contributed by atoms with van der Waals surface area (Å²) in [5.74, 6) is -0.440. The normalized spacial score (nSPS) is 10.4. The van der Waals surface area contributed by atoms with Crippen LogP contribution in [0.15, 0.2) is 12.7 Å². The molecule has 16 heavy (non-hydrogen) atoms. The molecule has 0 aromatic carbocycles. The quantitative estimate of drug-likeness (QED) is 0.513. The Hall–Kier alpha value is -1.32. The van der Waals surface area contributed by atoms with Gasteiger partial charge in [0.25, 0.3) is 0 Å². The number of ether oxygens (including phenoxy) is 1. The summed E-state index contributed by atoms with van der Waals surface area (Å²) < 4.78 is 4.99. The highest BCUT2D eigenvalue weighted by atomic mass is 16.5. The summed E-state index contributed by atoms with van der Waals surface area (Å²) in [5, 5.41) is 0. The molecule has 0 radical (unpaired) electrons. The van der Waals surface area contributed by atoms with E-state index in [1.54, 1.807) is 18.7 Å². The summed E-state index contributed by atoms with van der Waals surface area (Å²) >= 11 is 0. The first kappa shape index (κ1) is 14.7. The van der Waals surface area contributed by atoms with E-state index in [1.807, 2.05) is 13.8 Å². The Kier molecular flexibility index (Phi) is 6.46. The smallest absolute Gasteiger partial charge is 0.307 e. The lowest BCUT2D eigenvalue weighted by Gasteiger charge is -2.25. The van der Waals surface area contributed by atoms with Crippen molar-refractivity contribution in [3.8, 4) is 0 Å². The SMILES string of the molecule is C=CC(=O)N(CCC(=O)OC(C)C)C(C)C. The highest BCUT2D eigenvalue weighted by Crippen LogP contribution is 2.03. The van der Waals surface area contributed by atoms with Crippen molar-refractivity contribution in [2.24, 2.45) is 0 Å². The fourth-order valence-electron chi connectivity index (χ4n) is 1.27. The number of hydrogen-bond donors (Lipinski definition) is 0. The van der Waals surface area contributed by atoms with Crippen LogP contribution >= 0.6 is 0 Å². The van der Waals surface area contributed by atoms with E-state index >= 15 is 0 Å². The highest BCUT2D eigenvalue weighted by molar-refractivity contribution is 5.87. The summed E-state index contributed by atoms with van der Waals surface area (Å²) in [4.78, 5) is 24.3. The monoisotopic (exact) mass is 227 g/mol. The van der Waals surface area contributed by atoms with Crippen LogP contribution in [-0.4, -0.2) is 35.5 Å². The van der Waals surface area contributed by atoms with Crippen molar-refractivity contribution in [3.63, 3.8) is 0 Å². The fourth-order valence-corrected chi connectivity index (χ4v) is 1.27. The standard InChI is InChI=1S/C12H21NO3/c1-6-11(14)13(9(2)3)8-7-12(15)16-10(4)5/h6,9-10H,1,7-8H2,2-5H3. The fraction of sp³-hybridized carbons (Fsp3) is 0.667. The molecule has 0 atom stereocenters. The van der Waals surface area contributed by atoms with Gasteiger partial charge in [0.2, 0.25) is 5.91 Å². The lowest BCUT2D eigenvalue weighted by molar-refractivity contribution is -0.148. The van der Waals surface area contributed by atoms with Gasteiger partial charge >= 0.3 is 5.97 Å². The van der Waals surface area contributed by atoms with Gasteiger partial charge in [0, 0.05) is 12.6 Å². The van der Waals surface area contributed by atoms with Crippen LogP contribution in [0.3, 0.4) is 0 Å². The molecule has 0 heterocycles. The molecule has 0 aliphatic rings. The first-order chi connectivity index (χ1) is 7.38. The van der Waals surface area contributed by atoms with E-state index in [2.05, 4.69) is 6.58 Å². The van der Waals surface area contributed by atoms with Gasteiger partial charge in [0.05, 0.1) is 12.5 Å². The predicted molar refractivity (Wildman–Crippen MR) is 62.9 cm³/mol. The van der Waals surface area contributed by atoms with E-state index in [0.717, 1.165) is 0 Å². The Bertz CT molecular complexity index is 259. The number of rotatable bonds is 6. The second kappa shape index (κ2) is 7.04. The lowest BCUT2D eigenvalue weighted by Crippen LogP contribution is -2.37. The Labute approximate surface area is 97.3 Å². The first-order valence-electron chi connectivity index (χ1n) is 5.51. The van der Waals surface area contributed by atoms with Gasteiger partial charge in [-0.2, -0.15) is 0 Å². The predicted octanol–water partition coefficient (Wildman–Crippen LogP) is 1.75. The lowest BCUT2D eigenvalue weighted by atomic mass is 10.2. The molecule has 0 aromatic heterocycles. The summed E-state index contributed by atoms with van der Waals surface area (Å²) in [7, 11) is 0. The van der Waals surface area contributed by atoms with Gasteiger partial charge in [-0.15, -0.1) is 0 Å². The van der Waals surface area contributed by atoms with Crippen molar-refractivity contribution >= 4 is 11.9 Å². The number of hydrogen-bond acceptors (Lipinski definition) is 3. The van der Waals surface area contributed by atoms with Crippen LogP contribution in [0.2, 0.25) is 0 Å². The van der Waals surface area contributed by atoms with Gasteiger partial charge in [0.15, 0.2) is 0 Å². The molecule has 4 nitrogen and oxygen atoms in total. The minimum absolute atomic E-state index is 0.0531. The maximum atomic E-state index is 11.4. The minimum atomic E-state index is -0.280. The molecule has 0 saturated carbocycles. The van der Waals surface area contributed by atoms with E-state index < -0.39 is 0 Å². The van der Waals surface area contributed by atoms with Crippen LogP contribution in [0.4, 0.5) is 0 Å². The Morgan fingerprint density at radius 3 is 2.25 bits per heavy atom. The largest absolute Gasteiger partial charge is 0.463 e. The molecule has 0 unspecified atom stereocenters. The Balaban J connectivity index is 4.17. The van der Waals surface area contributed by atoms with E-state index in [9.17, 15) is 9.59 Å². The molecule has 0 rings (SSSR count). The minimum Gasteiger partial charge on any atom is -0.463 e. The van der Waals surface area contributed by atoms with E-state index in [1.165, 1.54) is 6.08 Å². The highest BCUT2D eigenvalue weighted by Gasteiger charge is 2.16. The van der Waals surface area contributed by atoms with Crippen LogP contribution in [0.1, 0.15) is 34.1 Å². The molecule has 0 saturated heterocycles. The van der Waals surface area contributed by atoms with Crippen molar-refractivity contribution in [1.29, 1.82) is 0 Å². The molecule has 1 amide bonds. The number of carbonyl (C=O) groups excluding carboxylic acids is 2. The van der Waals surface area contributed by atoms with E-state index in [0.29, 0.717) is 6.54 Å². The van der Waals surface area contributed by atoms with Crippen LogP contribution in [-0.2, 0) is 14.3 Å². The average molecular weight is 227 g/mol. The molecule has 0 aliphatic carbocycles. The zero-order chi connectivity index (χ0) is 12.7. The van der Waals surface area contributed by atoms with Crippen molar-refractivity contribution in [2.45, 2.75) is 46.3 Å². The third-order valence-corrected chi connectivity index (χ3v) is 2.01. The third-order valence-electron chi connectivity index (χ3n) is 2.01. The number of amides is 1.